The average Bonchev–Trinajstić information content (AvgIpc) is 2.39. The lowest BCUT2D eigenvalue weighted by atomic mass is 10.2. The van der Waals surface area contributed by atoms with E-state index in [1.54, 1.807) is 25.3 Å². The zero-order valence-electron chi connectivity index (χ0n) is 10.3. The largest absolute Gasteiger partial charge is 0.508 e. The molecule has 0 aromatic heterocycles. The maximum absolute atomic E-state index is 9.79. The molecule has 0 amide bonds. The molecule has 2 N–H and O–H groups in total. The van der Waals surface area contributed by atoms with Crippen molar-refractivity contribution in [3.63, 3.8) is 0 Å². The van der Waals surface area contributed by atoms with Crippen LogP contribution in [0.1, 0.15) is 5.56 Å². The van der Waals surface area contributed by atoms with Gasteiger partial charge in [0.2, 0.25) is 0 Å². The van der Waals surface area contributed by atoms with Gasteiger partial charge < -0.3 is 15.2 Å². The molecule has 19 heavy (non-hydrogen) atoms. The molecule has 0 unspecified atom stereocenters. The highest BCUT2D eigenvalue weighted by Crippen LogP contribution is 2.28. The summed E-state index contributed by atoms with van der Waals surface area (Å²) in [5, 5.41) is 13.6. The molecule has 100 valence electrons. The van der Waals surface area contributed by atoms with Crippen molar-refractivity contribution in [3.8, 4) is 11.5 Å². The third-order valence-electron chi connectivity index (χ3n) is 2.69. The number of phenolic OH excluding ortho intramolecular Hbond substituents is 1. The normalized spacial score (nSPS) is 10.3. The van der Waals surface area contributed by atoms with E-state index < -0.39 is 0 Å². The molecule has 0 saturated heterocycles. The molecule has 0 aliphatic rings. The fourth-order valence-corrected chi connectivity index (χ4v) is 2.39. The molecule has 2 aromatic rings. The van der Waals surface area contributed by atoms with Crippen molar-refractivity contribution in [2.45, 2.75) is 6.54 Å². The number of nitrogens with one attached hydrogen (secondary N) is 1. The van der Waals surface area contributed by atoms with Gasteiger partial charge in [-0.1, -0.05) is 27.5 Å². The van der Waals surface area contributed by atoms with Crippen LogP contribution < -0.4 is 10.1 Å². The molecule has 0 spiro atoms. The molecule has 3 nitrogen and oxygen atoms in total. The van der Waals surface area contributed by atoms with Gasteiger partial charge in [0.15, 0.2) is 0 Å². The highest BCUT2D eigenvalue weighted by Gasteiger charge is 2.05. The van der Waals surface area contributed by atoms with Gasteiger partial charge >= 0.3 is 0 Å². The second-order valence-electron chi connectivity index (χ2n) is 3.97. The number of anilines is 1. The zero-order valence-corrected chi connectivity index (χ0v) is 12.6. The van der Waals surface area contributed by atoms with Crippen molar-refractivity contribution < 1.29 is 9.84 Å². The van der Waals surface area contributed by atoms with E-state index in [0.717, 1.165) is 15.7 Å². The number of hydrogen-bond donors (Lipinski definition) is 2. The number of halogens is 2. The monoisotopic (exact) mass is 341 g/mol. The molecule has 0 aliphatic carbocycles. The number of phenols is 1. The predicted molar refractivity (Wildman–Crippen MR) is 81.1 cm³/mol. The van der Waals surface area contributed by atoms with Crippen molar-refractivity contribution in [2.75, 3.05) is 12.4 Å². The first-order valence-corrected chi connectivity index (χ1v) is 6.82. The van der Waals surface area contributed by atoms with E-state index in [9.17, 15) is 5.11 Å². The molecule has 0 heterocycles. The minimum atomic E-state index is 0.224. The predicted octanol–water partition coefficient (Wildman–Crippen LogP) is 4.43. The fraction of sp³-hybridized carbons (Fsp3) is 0.143. The topological polar surface area (TPSA) is 41.5 Å². The van der Waals surface area contributed by atoms with Gasteiger partial charge in [0.25, 0.3) is 0 Å². The number of aromatic hydroxyl groups is 1. The Morgan fingerprint density at radius 1 is 1.26 bits per heavy atom. The van der Waals surface area contributed by atoms with Crippen LogP contribution >= 0.6 is 27.5 Å². The Morgan fingerprint density at radius 3 is 2.74 bits per heavy atom. The summed E-state index contributed by atoms with van der Waals surface area (Å²) in [6.45, 7) is 0.463. The Hall–Kier alpha value is -1.39. The van der Waals surface area contributed by atoms with Gasteiger partial charge in [-0.3, -0.25) is 0 Å². The van der Waals surface area contributed by atoms with Crippen LogP contribution in [0, 0.1) is 0 Å². The Kier molecular flexibility index (Phi) is 4.56. The molecule has 0 atom stereocenters. The molecule has 5 heteroatoms. The van der Waals surface area contributed by atoms with Crippen LogP contribution in [0.25, 0.3) is 0 Å². The van der Waals surface area contributed by atoms with Crippen molar-refractivity contribution in [1.82, 2.24) is 0 Å². The molecular weight excluding hydrogens is 330 g/mol. The second-order valence-corrected chi connectivity index (χ2v) is 5.30. The molecule has 0 bridgehead atoms. The molecule has 2 rings (SSSR count). The van der Waals surface area contributed by atoms with Crippen LogP contribution in [0.15, 0.2) is 40.9 Å². The maximum atomic E-state index is 9.79. The van der Waals surface area contributed by atoms with Gasteiger partial charge in [0.05, 0.1) is 17.8 Å². The quantitative estimate of drug-likeness (QED) is 0.863. The Morgan fingerprint density at radius 2 is 2.05 bits per heavy atom. The van der Waals surface area contributed by atoms with Crippen molar-refractivity contribution in [2.24, 2.45) is 0 Å². The minimum Gasteiger partial charge on any atom is -0.508 e. The molecule has 0 aliphatic heterocycles. The van der Waals surface area contributed by atoms with Crippen LogP contribution in [-0.2, 0) is 6.54 Å². The van der Waals surface area contributed by atoms with E-state index in [2.05, 4.69) is 21.2 Å². The first-order chi connectivity index (χ1) is 9.10. The summed E-state index contributed by atoms with van der Waals surface area (Å²) in [6, 6.07) is 10.7. The first kappa shape index (κ1) is 14.0. The molecule has 2 aromatic carbocycles. The third kappa shape index (κ3) is 3.55. The molecular formula is C14H13BrClNO2. The van der Waals surface area contributed by atoms with Crippen molar-refractivity contribution >= 4 is 33.2 Å². The van der Waals surface area contributed by atoms with Crippen molar-refractivity contribution in [3.05, 3.63) is 51.5 Å². The minimum absolute atomic E-state index is 0.224. The summed E-state index contributed by atoms with van der Waals surface area (Å²) >= 11 is 9.47. The fourth-order valence-electron chi connectivity index (χ4n) is 1.65. The van der Waals surface area contributed by atoms with Gasteiger partial charge in [-0.2, -0.15) is 0 Å². The van der Waals surface area contributed by atoms with Gasteiger partial charge in [-0.15, -0.1) is 0 Å². The van der Waals surface area contributed by atoms with Gasteiger partial charge in [-0.25, -0.2) is 0 Å². The summed E-state index contributed by atoms with van der Waals surface area (Å²) in [6.07, 6.45) is 0. The lowest BCUT2D eigenvalue weighted by Crippen LogP contribution is -2.00. The lowest BCUT2D eigenvalue weighted by molar-refractivity contribution is 0.411. The number of benzene rings is 2. The third-order valence-corrected chi connectivity index (χ3v) is 3.49. The number of methoxy groups -OCH3 is 1. The van der Waals surface area contributed by atoms with E-state index in [0.29, 0.717) is 17.3 Å². The summed E-state index contributed by atoms with van der Waals surface area (Å²) < 4.78 is 6.05. The highest BCUT2D eigenvalue weighted by molar-refractivity contribution is 9.10. The molecule has 0 radical (unpaired) electrons. The molecule has 0 fully saturated rings. The smallest absolute Gasteiger partial charge is 0.120 e. The maximum Gasteiger partial charge on any atom is 0.120 e. The van der Waals surface area contributed by atoms with Gasteiger partial charge in [0, 0.05) is 16.6 Å². The van der Waals surface area contributed by atoms with Crippen LogP contribution in [0.5, 0.6) is 11.5 Å². The number of ether oxygens (including phenoxy) is 1. The summed E-state index contributed by atoms with van der Waals surface area (Å²) in [7, 11) is 1.59. The Labute approximate surface area is 125 Å². The van der Waals surface area contributed by atoms with Gasteiger partial charge in [-0.05, 0) is 36.4 Å². The van der Waals surface area contributed by atoms with Crippen LogP contribution in [0.2, 0.25) is 5.02 Å². The SMILES string of the molecule is COc1ccc(O)c(CNc2ccc(Br)cc2Cl)c1. The van der Waals surface area contributed by atoms with Crippen molar-refractivity contribution in [1.29, 1.82) is 0 Å². The number of rotatable bonds is 4. The van der Waals surface area contributed by atoms with E-state index in [1.807, 2.05) is 18.2 Å². The van der Waals surface area contributed by atoms with Crippen LogP contribution in [0.4, 0.5) is 5.69 Å². The summed E-state index contributed by atoms with van der Waals surface area (Å²) in [4.78, 5) is 0. The average molecular weight is 343 g/mol. The molecule has 0 saturated carbocycles. The van der Waals surface area contributed by atoms with Crippen LogP contribution in [0.3, 0.4) is 0 Å². The van der Waals surface area contributed by atoms with E-state index in [1.165, 1.54) is 0 Å². The van der Waals surface area contributed by atoms with Crippen LogP contribution in [-0.4, -0.2) is 12.2 Å². The zero-order chi connectivity index (χ0) is 13.8. The van der Waals surface area contributed by atoms with E-state index in [-0.39, 0.29) is 5.75 Å². The Balaban J connectivity index is 2.14. The number of hydrogen-bond acceptors (Lipinski definition) is 3. The Bertz CT molecular complexity index is 590. The summed E-state index contributed by atoms with van der Waals surface area (Å²) in [5.74, 6) is 0.929. The highest BCUT2D eigenvalue weighted by atomic mass is 79.9. The van der Waals surface area contributed by atoms with E-state index >= 15 is 0 Å². The standard InChI is InChI=1S/C14H13BrClNO2/c1-19-11-3-5-14(18)9(6-11)8-17-13-4-2-10(15)7-12(13)16/h2-7,17-18H,8H2,1H3. The second kappa shape index (κ2) is 6.17. The van der Waals surface area contributed by atoms with E-state index in [4.69, 9.17) is 16.3 Å². The first-order valence-electron chi connectivity index (χ1n) is 5.65. The summed E-state index contributed by atoms with van der Waals surface area (Å²) in [5.41, 5.74) is 1.56. The van der Waals surface area contributed by atoms with Gasteiger partial charge in [0.1, 0.15) is 11.5 Å². The lowest BCUT2D eigenvalue weighted by Gasteiger charge is -2.11.